The highest BCUT2D eigenvalue weighted by Crippen LogP contribution is 2.20. The molecule has 0 radical (unpaired) electrons. The summed E-state index contributed by atoms with van der Waals surface area (Å²) in [6.45, 7) is 7.11. The zero-order valence-electron chi connectivity index (χ0n) is 12.2. The van der Waals surface area contributed by atoms with Gasteiger partial charge in [0.1, 0.15) is 5.01 Å². The fourth-order valence-electron chi connectivity index (χ4n) is 1.50. The molecule has 2 aromatic heterocycles. The third-order valence-electron chi connectivity index (χ3n) is 2.42. The first-order valence-electron chi connectivity index (χ1n) is 6.79. The maximum atomic E-state index is 12.0. The number of hydrogen-bond acceptors (Lipinski definition) is 8. The van der Waals surface area contributed by atoms with Crippen molar-refractivity contribution in [3.8, 4) is 0 Å². The van der Waals surface area contributed by atoms with Gasteiger partial charge in [-0.2, -0.15) is 0 Å². The van der Waals surface area contributed by atoms with Crippen LogP contribution in [0.2, 0.25) is 0 Å². The van der Waals surface area contributed by atoms with Gasteiger partial charge >= 0.3 is 0 Å². The molecule has 9 heteroatoms. The van der Waals surface area contributed by atoms with E-state index >= 15 is 0 Å². The van der Waals surface area contributed by atoms with Crippen molar-refractivity contribution in [2.45, 2.75) is 33.6 Å². The van der Waals surface area contributed by atoms with Crippen LogP contribution in [0.1, 0.15) is 42.0 Å². The summed E-state index contributed by atoms with van der Waals surface area (Å²) in [5, 5.41) is 24.0. The normalized spacial score (nSPS) is 10.9. The number of nitrogens with one attached hydrogen (secondary N) is 2. The molecular formula is C12H18N6OS2. The molecule has 7 nitrogen and oxygen atoms in total. The van der Waals surface area contributed by atoms with E-state index in [2.05, 4.69) is 51.8 Å². The van der Waals surface area contributed by atoms with Gasteiger partial charge < -0.3 is 5.32 Å². The van der Waals surface area contributed by atoms with Gasteiger partial charge in [-0.1, -0.05) is 43.4 Å². The van der Waals surface area contributed by atoms with E-state index in [1.165, 1.54) is 22.7 Å². The average molecular weight is 326 g/mol. The number of nitrogens with zero attached hydrogens (tertiary/aromatic N) is 4. The number of carbonyl (C=O) groups is 1. The lowest BCUT2D eigenvalue weighted by Gasteiger charge is -1.97. The quantitative estimate of drug-likeness (QED) is 0.812. The minimum atomic E-state index is -0.302. The lowest BCUT2D eigenvalue weighted by atomic mass is 10.1. The van der Waals surface area contributed by atoms with Crippen LogP contribution in [-0.4, -0.2) is 32.8 Å². The maximum absolute atomic E-state index is 12.0. The lowest BCUT2D eigenvalue weighted by molar-refractivity contribution is 0.102. The highest BCUT2D eigenvalue weighted by Gasteiger charge is 2.15. The number of amides is 1. The van der Waals surface area contributed by atoms with Crippen molar-refractivity contribution < 1.29 is 4.79 Å². The first kappa shape index (κ1) is 15.8. The van der Waals surface area contributed by atoms with Crippen molar-refractivity contribution in [1.29, 1.82) is 0 Å². The lowest BCUT2D eigenvalue weighted by Crippen LogP contribution is -2.11. The van der Waals surface area contributed by atoms with Gasteiger partial charge in [0.2, 0.25) is 15.3 Å². The number of hydrogen-bond donors (Lipinski definition) is 2. The van der Waals surface area contributed by atoms with Crippen LogP contribution in [0.4, 0.5) is 10.3 Å². The zero-order chi connectivity index (χ0) is 15.2. The molecule has 1 amide bonds. The molecule has 0 spiro atoms. The summed E-state index contributed by atoms with van der Waals surface area (Å²) in [5.74, 6) is 0.209. The van der Waals surface area contributed by atoms with Crippen LogP contribution in [0.25, 0.3) is 0 Å². The van der Waals surface area contributed by atoms with Gasteiger partial charge in [-0.05, 0) is 12.3 Å². The SMILES string of the molecule is CCCNc1nnc(C(=O)Nc2nnc(CC(C)C)s2)s1. The Kier molecular flexibility index (Phi) is 5.57. The van der Waals surface area contributed by atoms with E-state index in [1.54, 1.807) is 0 Å². The van der Waals surface area contributed by atoms with Crippen LogP contribution >= 0.6 is 22.7 Å². The van der Waals surface area contributed by atoms with E-state index in [9.17, 15) is 4.79 Å². The van der Waals surface area contributed by atoms with E-state index in [1.807, 2.05) is 0 Å². The second kappa shape index (κ2) is 7.41. The van der Waals surface area contributed by atoms with Crippen LogP contribution in [0, 0.1) is 5.92 Å². The zero-order valence-corrected chi connectivity index (χ0v) is 13.8. The topological polar surface area (TPSA) is 92.7 Å². The fourth-order valence-corrected chi connectivity index (χ4v) is 3.12. The second-order valence-corrected chi connectivity index (χ2v) is 6.93. The number of rotatable bonds is 7. The standard InChI is InChI=1S/C12H18N6OS2/c1-4-5-13-11-17-16-10(21-11)9(19)14-12-18-15-8(20-12)6-7(2)3/h7H,4-6H2,1-3H3,(H,13,17)(H,14,18,19). The minimum absolute atomic E-state index is 0.302. The Labute approximate surface area is 131 Å². The van der Waals surface area contributed by atoms with Gasteiger partial charge in [-0.25, -0.2) is 0 Å². The van der Waals surface area contributed by atoms with Crippen LogP contribution in [0.3, 0.4) is 0 Å². The molecule has 0 aliphatic rings. The molecule has 2 N–H and O–H groups in total. The molecule has 114 valence electrons. The van der Waals surface area contributed by atoms with E-state index < -0.39 is 0 Å². The summed E-state index contributed by atoms with van der Waals surface area (Å²) in [6, 6.07) is 0. The summed E-state index contributed by atoms with van der Waals surface area (Å²) in [5.41, 5.74) is 0. The third kappa shape index (κ3) is 4.71. The smallest absolute Gasteiger partial charge is 0.288 e. The fraction of sp³-hybridized carbons (Fsp3) is 0.583. The van der Waals surface area contributed by atoms with E-state index in [-0.39, 0.29) is 5.91 Å². The van der Waals surface area contributed by atoms with E-state index in [0.29, 0.717) is 21.2 Å². The van der Waals surface area contributed by atoms with Gasteiger partial charge in [0.15, 0.2) is 0 Å². The molecule has 2 heterocycles. The molecule has 0 unspecified atom stereocenters. The average Bonchev–Trinajstić information content (AvgIpc) is 3.05. The molecule has 0 bridgehead atoms. The molecular weight excluding hydrogens is 308 g/mol. The van der Waals surface area contributed by atoms with Crippen molar-refractivity contribution >= 4 is 38.8 Å². The van der Waals surface area contributed by atoms with Crippen molar-refractivity contribution in [1.82, 2.24) is 20.4 Å². The molecule has 0 fully saturated rings. The van der Waals surface area contributed by atoms with Crippen LogP contribution in [0.5, 0.6) is 0 Å². The Morgan fingerprint density at radius 3 is 2.62 bits per heavy atom. The Bertz CT molecular complexity index is 594. The Balaban J connectivity index is 1.94. The molecule has 21 heavy (non-hydrogen) atoms. The van der Waals surface area contributed by atoms with Crippen LogP contribution < -0.4 is 10.6 Å². The molecule has 2 aromatic rings. The maximum Gasteiger partial charge on any atom is 0.288 e. The Morgan fingerprint density at radius 2 is 1.90 bits per heavy atom. The van der Waals surface area contributed by atoms with Gasteiger partial charge in [0, 0.05) is 13.0 Å². The Morgan fingerprint density at radius 1 is 1.14 bits per heavy atom. The third-order valence-corrected chi connectivity index (χ3v) is 4.16. The largest absolute Gasteiger partial charge is 0.360 e. The summed E-state index contributed by atoms with van der Waals surface area (Å²) in [7, 11) is 0. The monoisotopic (exact) mass is 326 g/mol. The first-order valence-corrected chi connectivity index (χ1v) is 8.43. The predicted octanol–water partition coefficient (Wildman–Crippen LogP) is 2.66. The molecule has 0 saturated carbocycles. The highest BCUT2D eigenvalue weighted by atomic mass is 32.1. The minimum Gasteiger partial charge on any atom is -0.360 e. The van der Waals surface area contributed by atoms with E-state index in [0.717, 1.165) is 24.4 Å². The van der Waals surface area contributed by atoms with Gasteiger partial charge in [-0.3, -0.25) is 10.1 Å². The number of aromatic nitrogens is 4. The van der Waals surface area contributed by atoms with Crippen molar-refractivity contribution in [3.63, 3.8) is 0 Å². The van der Waals surface area contributed by atoms with Crippen molar-refractivity contribution in [2.24, 2.45) is 5.92 Å². The molecule has 0 aliphatic heterocycles. The second-order valence-electron chi connectivity index (χ2n) is 4.89. The highest BCUT2D eigenvalue weighted by molar-refractivity contribution is 7.17. The molecule has 0 aliphatic carbocycles. The van der Waals surface area contributed by atoms with Crippen LogP contribution in [-0.2, 0) is 6.42 Å². The summed E-state index contributed by atoms with van der Waals surface area (Å²) < 4.78 is 0. The summed E-state index contributed by atoms with van der Waals surface area (Å²) in [4.78, 5) is 12.0. The van der Waals surface area contributed by atoms with Crippen molar-refractivity contribution in [2.75, 3.05) is 17.2 Å². The van der Waals surface area contributed by atoms with Gasteiger partial charge in [-0.15, -0.1) is 20.4 Å². The molecule has 0 saturated heterocycles. The number of anilines is 2. The van der Waals surface area contributed by atoms with E-state index in [4.69, 9.17) is 0 Å². The molecule has 2 rings (SSSR count). The first-order chi connectivity index (χ1) is 10.1. The predicted molar refractivity (Wildman–Crippen MR) is 85.1 cm³/mol. The number of carbonyl (C=O) groups excluding carboxylic acids is 1. The van der Waals surface area contributed by atoms with Crippen LogP contribution in [0.15, 0.2) is 0 Å². The Hall–Kier alpha value is -1.61. The summed E-state index contributed by atoms with van der Waals surface area (Å²) in [6.07, 6.45) is 1.85. The van der Waals surface area contributed by atoms with Gasteiger partial charge in [0.05, 0.1) is 0 Å². The van der Waals surface area contributed by atoms with Gasteiger partial charge in [0.25, 0.3) is 5.91 Å². The molecule has 0 aromatic carbocycles. The summed E-state index contributed by atoms with van der Waals surface area (Å²) >= 11 is 2.62. The van der Waals surface area contributed by atoms with Crippen molar-refractivity contribution in [3.05, 3.63) is 10.0 Å². The molecule has 0 atom stereocenters.